The molecule has 6 nitrogen and oxygen atoms in total. The lowest BCUT2D eigenvalue weighted by atomic mass is 10.0. The molecule has 0 saturated carbocycles. The molecule has 0 radical (unpaired) electrons. The number of methoxy groups -OCH3 is 2. The van der Waals surface area contributed by atoms with Crippen LogP contribution < -0.4 is 9.47 Å². The van der Waals surface area contributed by atoms with Crippen LogP contribution in [0.15, 0.2) is 24.3 Å². The Kier molecular flexibility index (Phi) is 6.50. The van der Waals surface area contributed by atoms with Gasteiger partial charge in [-0.15, -0.1) is 0 Å². The van der Waals surface area contributed by atoms with Gasteiger partial charge in [0, 0.05) is 24.8 Å². The van der Waals surface area contributed by atoms with Crippen molar-refractivity contribution < 1.29 is 14.3 Å². The third-order valence-corrected chi connectivity index (χ3v) is 5.70. The standard InChI is InChI=1S/C23H33N3O3/c1-15(2)20-14-21(16(3)4)26(24-20)17-9-11-25(12-10-17)23(27)19-8-7-18(28-5)13-22(19)29-6/h7-8,13-17H,9-12H2,1-6H3. The number of nitrogens with zero attached hydrogens (tertiary/aromatic N) is 3. The zero-order valence-corrected chi connectivity index (χ0v) is 18.4. The third-order valence-electron chi connectivity index (χ3n) is 5.70. The van der Waals surface area contributed by atoms with E-state index in [1.165, 1.54) is 5.69 Å². The number of hydrogen-bond donors (Lipinski definition) is 0. The minimum absolute atomic E-state index is 0.00960. The molecule has 6 heteroatoms. The number of carbonyl (C=O) groups excluding carboxylic acids is 1. The van der Waals surface area contributed by atoms with Crippen molar-refractivity contribution in [1.29, 1.82) is 0 Å². The average Bonchev–Trinajstić information content (AvgIpc) is 3.19. The number of ether oxygens (including phenoxy) is 2. The van der Waals surface area contributed by atoms with E-state index in [-0.39, 0.29) is 5.91 Å². The Bertz CT molecular complexity index is 849. The first-order chi connectivity index (χ1) is 13.8. The summed E-state index contributed by atoms with van der Waals surface area (Å²) in [5.74, 6) is 2.08. The van der Waals surface area contributed by atoms with E-state index in [1.54, 1.807) is 32.4 Å². The first kappa shape index (κ1) is 21.2. The number of rotatable bonds is 6. The maximum Gasteiger partial charge on any atom is 0.257 e. The average molecular weight is 400 g/mol. The Hall–Kier alpha value is -2.50. The van der Waals surface area contributed by atoms with Crippen LogP contribution in [0.3, 0.4) is 0 Å². The normalized spacial score (nSPS) is 15.2. The molecule has 1 aliphatic heterocycles. The molecule has 1 aromatic heterocycles. The number of amides is 1. The first-order valence-electron chi connectivity index (χ1n) is 10.5. The van der Waals surface area contributed by atoms with Crippen LogP contribution in [0.25, 0.3) is 0 Å². The molecule has 1 aliphatic rings. The van der Waals surface area contributed by atoms with Gasteiger partial charge in [0.2, 0.25) is 0 Å². The summed E-state index contributed by atoms with van der Waals surface area (Å²) in [4.78, 5) is 15.0. The molecule has 1 aromatic carbocycles. The smallest absolute Gasteiger partial charge is 0.257 e. The van der Waals surface area contributed by atoms with Crippen LogP contribution in [0.4, 0.5) is 0 Å². The van der Waals surface area contributed by atoms with Gasteiger partial charge in [-0.1, -0.05) is 27.7 Å². The van der Waals surface area contributed by atoms with Gasteiger partial charge >= 0.3 is 0 Å². The lowest BCUT2D eigenvalue weighted by molar-refractivity contribution is 0.0685. The number of piperidine rings is 1. The number of aromatic nitrogens is 2. The number of hydrogen-bond acceptors (Lipinski definition) is 4. The summed E-state index contributed by atoms with van der Waals surface area (Å²) in [5, 5.41) is 4.91. The number of carbonyl (C=O) groups is 1. The van der Waals surface area contributed by atoms with E-state index in [4.69, 9.17) is 14.6 Å². The topological polar surface area (TPSA) is 56.6 Å². The molecular weight excluding hydrogens is 366 g/mol. The van der Waals surface area contributed by atoms with Gasteiger partial charge in [0.1, 0.15) is 11.5 Å². The highest BCUT2D eigenvalue weighted by atomic mass is 16.5. The minimum Gasteiger partial charge on any atom is -0.497 e. The van der Waals surface area contributed by atoms with Crippen molar-refractivity contribution in [3.05, 3.63) is 41.2 Å². The molecule has 0 bridgehead atoms. The molecule has 0 aliphatic carbocycles. The quantitative estimate of drug-likeness (QED) is 0.711. The van der Waals surface area contributed by atoms with Gasteiger partial charge in [-0.25, -0.2) is 0 Å². The monoisotopic (exact) mass is 399 g/mol. The van der Waals surface area contributed by atoms with Crippen molar-refractivity contribution >= 4 is 5.91 Å². The lowest BCUT2D eigenvalue weighted by Crippen LogP contribution is -2.39. The molecule has 3 rings (SSSR count). The summed E-state index contributed by atoms with van der Waals surface area (Å²) in [6, 6.07) is 7.92. The summed E-state index contributed by atoms with van der Waals surface area (Å²) in [6.45, 7) is 10.2. The van der Waals surface area contributed by atoms with E-state index >= 15 is 0 Å². The molecule has 29 heavy (non-hydrogen) atoms. The molecule has 0 spiro atoms. The van der Waals surface area contributed by atoms with Crippen LogP contribution in [0.5, 0.6) is 11.5 Å². The van der Waals surface area contributed by atoms with Gasteiger partial charge in [-0.05, 0) is 42.9 Å². The molecule has 2 heterocycles. The summed E-state index contributed by atoms with van der Waals surface area (Å²) in [7, 11) is 3.18. The van der Waals surface area contributed by atoms with Crippen molar-refractivity contribution in [2.75, 3.05) is 27.3 Å². The molecule has 0 atom stereocenters. The van der Waals surface area contributed by atoms with Crippen LogP contribution in [-0.2, 0) is 0 Å². The Morgan fingerprint density at radius 3 is 2.28 bits per heavy atom. The van der Waals surface area contributed by atoms with Gasteiger partial charge in [-0.3, -0.25) is 9.48 Å². The second kappa shape index (κ2) is 8.89. The second-order valence-corrected chi connectivity index (χ2v) is 8.34. The maximum atomic E-state index is 13.1. The predicted molar refractivity (Wildman–Crippen MR) is 114 cm³/mol. The lowest BCUT2D eigenvalue weighted by Gasteiger charge is -2.33. The Morgan fingerprint density at radius 2 is 1.72 bits per heavy atom. The van der Waals surface area contributed by atoms with Crippen molar-refractivity contribution in [2.24, 2.45) is 0 Å². The molecule has 158 valence electrons. The highest BCUT2D eigenvalue weighted by Gasteiger charge is 2.28. The Balaban J connectivity index is 1.73. The van der Waals surface area contributed by atoms with Crippen LogP contribution >= 0.6 is 0 Å². The van der Waals surface area contributed by atoms with Gasteiger partial charge in [0.25, 0.3) is 5.91 Å². The van der Waals surface area contributed by atoms with Crippen LogP contribution in [-0.4, -0.2) is 47.9 Å². The van der Waals surface area contributed by atoms with Crippen molar-refractivity contribution in [3.8, 4) is 11.5 Å². The molecule has 0 unspecified atom stereocenters. The predicted octanol–water partition coefficient (Wildman–Crippen LogP) is 4.62. The molecule has 1 amide bonds. The van der Waals surface area contributed by atoms with Gasteiger partial charge in [-0.2, -0.15) is 5.10 Å². The molecule has 0 N–H and O–H groups in total. The molecule has 1 fully saturated rings. The van der Waals surface area contributed by atoms with Crippen molar-refractivity contribution in [3.63, 3.8) is 0 Å². The summed E-state index contributed by atoms with van der Waals surface area (Å²) < 4.78 is 12.9. The van der Waals surface area contributed by atoms with Crippen LogP contribution in [0.1, 0.15) is 80.2 Å². The zero-order valence-electron chi connectivity index (χ0n) is 18.4. The van der Waals surface area contributed by atoms with E-state index < -0.39 is 0 Å². The summed E-state index contributed by atoms with van der Waals surface area (Å²) in [5.41, 5.74) is 3.02. The van der Waals surface area contributed by atoms with Gasteiger partial charge in [0.05, 0.1) is 31.5 Å². The fraction of sp³-hybridized carbons (Fsp3) is 0.565. The largest absolute Gasteiger partial charge is 0.497 e. The minimum atomic E-state index is 0.00960. The first-order valence-corrected chi connectivity index (χ1v) is 10.5. The highest BCUT2D eigenvalue weighted by molar-refractivity contribution is 5.97. The van der Waals surface area contributed by atoms with Crippen molar-refractivity contribution in [2.45, 2.75) is 58.4 Å². The second-order valence-electron chi connectivity index (χ2n) is 8.34. The molecule has 1 saturated heterocycles. The number of benzene rings is 1. The van der Waals surface area contributed by atoms with E-state index in [1.807, 2.05) is 4.90 Å². The maximum absolute atomic E-state index is 13.1. The van der Waals surface area contributed by atoms with Gasteiger partial charge < -0.3 is 14.4 Å². The number of likely N-dealkylation sites (tertiary alicyclic amines) is 1. The van der Waals surface area contributed by atoms with Crippen LogP contribution in [0.2, 0.25) is 0 Å². The third kappa shape index (κ3) is 4.41. The Labute approximate surface area is 173 Å². The van der Waals surface area contributed by atoms with E-state index in [0.29, 0.717) is 48.0 Å². The van der Waals surface area contributed by atoms with E-state index in [9.17, 15) is 4.79 Å². The molecule has 2 aromatic rings. The van der Waals surface area contributed by atoms with Crippen LogP contribution in [0, 0.1) is 0 Å². The highest BCUT2D eigenvalue weighted by Crippen LogP contribution is 2.31. The van der Waals surface area contributed by atoms with E-state index in [0.717, 1.165) is 18.5 Å². The summed E-state index contributed by atoms with van der Waals surface area (Å²) >= 11 is 0. The van der Waals surface area contributed by atoms with E-state index in [2.05, 4.69) is 38.4 Å². The van der Waals surface area contributed by atoms with Crippen molar-refractivity contribution in [1.82, 2.24) is 14.7 Å². The summed E-state index contributed by atoms with van der Waals surface area (Å²) in [6.07, 6.45) is 1.81. The molecular formula is C23H33N3O3. The zero-order chi connectivity index (χ0) is 21.1. The Morgan fingerprint density at radius 1 is 1.03 bits per heavy atom. The fourth-order valence-corrected chi connectivity index (χ4v) is 3.89. The fourth-order valence-electron chi connectivity index (χ4n) is 3.89. The SMILES string of the molecule is COc1ccc(C(=O)N2CCC(n3nc(C(C)C)cc3C(C)C)CC2)c(OC)c1. The van der Waals surface area contributed by atoms with Gasteiger partial charge in [0.15, 0.2) is 0 Å².